The molecule has 0 unspecified atom stereocenters. The molecule has 8 nitrogen and oxygen atoms in total. The van der Waals surface area contributed by atoms with E-state index in [0.29, 0.717) is 23.3 Å². The number of aromatic nitrogens is 5. The van der Waals surface area contributed by atoms with Gasteiger partial charge in [0.15, 0.2) is 5.82 Å². The van der Waals surface area contributed by atoms with Crippen molar-refractivity contribution in [1.29, 1.82) is 0 Å². The van der Waals surface area contributed by atoms with Crippen molar-refractivity contribution in [3.05, 3.63) is 61.2 Å². The summed E-state index contributed by atoms with van der Waals surface area (Å²) in [6.45, 7) is 2.32. The number of nitrogens with zero attached hydrogens (tertiary/aromatic N) is 5. The second kappa shape index (κ2) is 7.39. The summed E-state index contributed by atoms with van der Waals surface area (Å²) in [6, 6.07) is 5.31. The fraction of sp³-hybridized carbons (Fsp3) is 0.105. The fourth-order valence-electron chi connectivity index (χ4n) is 2.81. The number of carbonyl (C=O) groups is 1. The molecule has 0 saturated carbocycles. The molecule has 0 atom stereocenters. The second-order valence-electron chi connectivity index (χ2n) is 5.93. The number of hydrogen-bond acceptors (Lipinski definition) is 5. The van der Waals surface area contributed by atoms with E-state index in [4.69, 9.17) is 0 Å². The molecular weight excluding hydrogens is 361 g/mol. The van der Waals surface area contributed by atoms with Gasteiger partial charge in [0.05, 0.1) is 23.6 Å². The van der Waals surface area contributed by atoms with Gasteiger partial charge in [-0.3, -0.25) is 14.5 Å². The van der Waals surface area contributed by atoms with Crippen LogP contribution in [-0.2, 0) is 0 Å². The minimum Gasteiger partial charge on any atom is -0.338 e. The van der Waals surface area contributed by atoms with Crippen LogP contribution in [0.5, 0.6) is 0 Å². The Bertz CT molecular complexity index is 1130. The first-order chi connectivity index (χ1) is 13.7. The zero-order valence-electron chi connectivity index (χ0n) is 14.9. The Morgan fingerprint density at radius 1 is 1.14 bits per heavy atom. The quantitative estimate of drug-likeness (QED) is 0.569. The summed E-state index contributed by atoms with van der Waals surface area (Å²) in [6.07, 6.45) is 8.97. The molecule has 0 spiro atoms. The van der Waals surface area contributed by atoms with Crippen molar-refractivity contribution in [2.75, 3.05) is 11.9 Å². The number of hydrogen-bond donors (Lipinski definition) is 2. The van der Waals surface area contributed by atoms with Crippen molar-refractivity contribution < 1.29 is 9.18 Å². The number of anilines is 1. The maximum atomic E-state index is 13.2. The van der Waals surface area contributed by atoms with Gasteiger partial charge in [-0.2, -0.15) is 0 Å². The third-order valence-corrected chi connectivity index (χ3v) is 4.04. The Labute approximate surface area is 159 Å². The van der Waals surface area contributed by atoms with Crippen molar-refractivity contribution in [3.63, 3.8) is 0 Å². The molecule has 4 aromatic rings. The van der Waals surface area contributed by atoms with Crippen LogP contribution < -0.4 is 10.6 Å². The number of urea groups is 1. The van der Waals surface area contributed by atoms with Crippen molar-refractivity contribution >= 4 is 22.8 Å². The molecule has 4 rings (SSSR count). The minimum atomic E-state index is -0.532. The summed E-state index contributed by atoms with van der Waals surface area (Å²) in [4.78, 5) is 28.7. The topological polar surface area (TPSA) is 97.6 Å². The van der Waals surface area contributed by atoms with E-state index in [1.165, 1.54) is 0 Å². The summed E-state index contributed by atoms with van der Waals surface area (Å²) >= 11 is 0. The largest absolute Gasteiger partial charge is 0.338 e. The summed E-state index contributed by atoms with van der Waals surface area (Å²) < 4.78 is 14.9. The fourth-order valence-corrected chi connectivity index (χ4v) is 2.81. The van der Waals surface area contributed by atoms with Crippen LogP contribution in [0.25, 0.3) is 28.1 Å². The molecule has 0 saturated heterocycles. The van der Waals surface area contributed by atoms with Gasteiger partial charge in [0, 0.05) is 42.5 Å². The zero-order valence-corrected chi connectivity index (χ0v) is 14.9. The molecule has 0 aliphatic heterocycles. The monoisotopic (exact) mass is 377 g/mol. The molecule has 0 fully saturated rings. The summed E-state index contributed by atoms with van der Waals surface area (Å²) in [5, 5.41) is 5.45. The van der Waals surface area contributed by atoms with E-state index < -0.39 is 5.82 Å². The van der Waals surface area contributed by atoms with Crippen LogP contribution in [0.1, 0.15) is 6.92 Å². The van der Waals surface area contributed by atoms with Crippen LogP contribution >= 0.6 is 0 Å². The van der Waals surface area contributed by atoms with Crippen molar-refractivity contribution in [3.8, 4) is 17.1 Å². The maximum absolute atomic E-state index is 13.2. The van der Waals surface area contributed by atoms with Crippen molar-refractivity contribution in [2.24, 2.45) is 0 Å². The summed E-state index contributed by atoms with van der Waals surface area (Å²) in [5.41, 5.74) is 3.45. The smallest absolute Gasteiger partial charge is 0.319 e. The highest BCUT2D eigenvalue weighted by molar-refractivity contribution is 6.00. The lowest BCUT2D eigenvalue weighted by atomic mass is 10.1. The Balaban J connectivity index is 1.87. The van der Waals surface area contributed by atoms with E-state index in [0.717, 1.165) is 23.5 Å². The molecule has 0 aromatic carbocycles. The molecule has 0 bridgehead atoms. The van der Waals surface area contributed by atoms with Gasteiger partial charge in [-0.1, -0.05) is 6.07 Å². The average Bonchev–Trinajstić information content (AvgIpc) is 3.07. The van der Waals surface area contributed by atoms with E-state index in [9.17, 15) is 9.18 Å². The Morgan fingerprint density at radius 2 is 1.96 bits per heavy atom. The highest BCUT2D eigenvalue weighted by Crippen LogP contribution is 2.29. The Hall–Kier alpha value is -3.88. The molecule has 9 heteroatoms. The number of rotatable bonds is 4. The first-order valence-electron chi connectivity index (χ1n) is 8.60. The van der Waals surface area contributed by atoms with Gasteiger partial charge in [-0.25, -0.2) is 19.2 Å². The third-order valence-electron chi connectivity index (χ3n) is 4.04. The minimum absolute atomic E-state index is 0.264. The lowest BCUT2D eigenvalue weighted by Gasteiger charge is -2.05. The van der Waals surface area contributed by atoms with Crippen LogP contribution in [0, 0.1) is 5.82 Å². The van der Waals surface area contributed by atoms with Crippen LogP contribution in [0.15, 0.2) is 55.4 Å². The second-order valence-corrected chi connectivity index (χ2v) is 5.93. The van der Waals surface area contributed by atoms with Crippen LogP contribution in [0.2, 0.25) is 0 Å². The highest BCUT2D eigenvalue weighted by Gasteiger charge is 2.16. The number of halogens is 1. The number of carbonyl (C=O) groups excluding carboxylic acids is 1. The Kier molecular flexibility index (Phi) is 4.63. The number of nitrogens with one attached hydrogen (secondary N) is 2. The SMILES string of the molecule is CCNC(=O)Nc1cn(-c2ncc(F)cn2)c2cc(-c3cccnc3)cnc12. The molecule has 2 N–H and O–H groups in total. The van der Waals surface area contributed by atoms with Gasteiger partial charge in [-0.15, -0.1) is 0 Å². The van der Waals surface area contributed by atoms with Gasteiger partial charge >= 0.3 is 6.03 Å². The molecular formula is C19H16FN7O. The molecule has 0 aliphatic rings. The zero-order chi connectivity index (χ0) is 19.5. The molecule has 4 heterocycles. The van der Waals surface area contributed by atoms with Gasteiger partial charge < -0.3 is 10.6 Å². The van der Waals surface area contributed by atoms with Crippen LogP contribution in [0.3, 0.4) is 0 Å². The van der Waals surface area contributed by atoms with E-state index in [-0.39, 0.29) is 12.0 Å². The number of pyridine rings is 2. The first-order valence-corrected chi connectivity index (χ1v) is 8.60. The average molecular weight is 377 g/mol. The number of fused-ring (bicyclic) bond motifs is 1. The normalized spacial score (nSPS) is 10.8. The summed E-state index contributed by atoms with van der Waals surface area (Å²) in [5.74, 6) is -0.268. The molecule has 140 valence electrons. The van der Waals surface area contributed by atoms with Crippen molar-refractivity contribution in [1.82, 2.24) is 29.8 Å². The molecule has 2 amide bonds. The standard InChI is InChI=1S/C19H16FN7O/c1-2-22-19(28)26-15-11-27(18-24-9-14(20)10-25-18)16-6-13(8-23-17(15)16)12-4-3-5-21-7-12/h3-11H,2H2,1H3,(H2,22,26,28). The summed E-state index contributed by atoms with van der Waals surface area (Å²) in [7, 11) is 0. The van der Waals surface area contributed by atoms with Gasteiger partial charge in [-0.05, 0) is 19.1 Å². The van der Waals surface area contributed by atoms with E-state index in [1.54, 1.807) is 29.4 Å². The maximum Gasteiger partial charge on any atom is 0.319 e. The predicted molar refractivity (Wildman–Crippen MR) is 103 cm³/mol. The van der Waals surface area contributed by atoms with Gasteiger partial charge in [0.1, 0.15) is 5.52 Å². The van der Waals surface area contributed by atoms with Crippen LogP contribution in [0.4, 0.5) is 14.9 Å². The van der Waals surface area contributed by atoms with Crippen molar-refractivity contribution in [2.45, 2.75) is 6.92 Å². The van der Waals surface area contributed by atoms with E-state index >= 15 is 0 Å². The predicted octanol–water partition coefficient (Wildman–Crippen LogP) is 3.16. The molecule has 0 radical (unpaired) electrons. The van der Waals surface area contributed by atoms with Gasteiger partial charge in [0.2, 0.25) is 5.95 Å². The molecule has 4 aromatic heterocycles. The third kappa shape index (κ3) is 3.37. The Morgan fingerprint density at radius 3 is 2.68 bits per heavy atom. The van der Waals surface area contributed by atoms with Crippen LogP contribution in [-0.4, -0.2) is 37.1 Å². The number of amides is 2. The van der Waals surface area contributed by atoms with E-state index in [1.807, 2.05) is 25.1 Å². The lowest BCUT2D eigenvalue weighted by Crippen LogP contribution is -2.28. The van der Waals surface area contributed by atoms with Gasteiger partial charge in [0.25, 0.3) is 0 Å². The first kappa shape index (κ1) is 17.5. The molecule has 28 heavy (non-hydrogen) atoms. The lowest BCUT2D eigenvalue weighted by molar-refractivity contribution is 0.252. The highest BCUT2D eigenvalue weighted by atomic mass is 19.1. The molecule has 0 aliphatic carbocycles. The van der Waals surface area contributed by atoms with E-state index in [2.05, 4.69) is 30.6 Å².